The summed E-state index contributed by atoms with van der Waals surface area (Å²) in [6, 6.07) is 19.9. The number of furan rings is 1. The van der Waals surface area contributed by atoms with Crippen LogP contribution in [0.5, 0.6) is 0 Å². The number of hydrogen-bond donors (Lipinski definition) is 2. The van der Waals surface area contributed by atoms with Crippen LogP contribution in [0, 0.1) is 5.92 Å². The van der Waals surface area contributed by atoms with Crippen LogP contribution in [0.3, 0.4) is 0 Å². The molecule has 5 nitrogen and oxygen atoms in total. The summed E-state index contributed by atoms with van der Waals surface area (Å²) >= 11 is 0. The van der Waals surface area contributed by atoms with Gasteiger partial charge in [-0.15, -0.1) is 0 Å². The Morgan fingerprint density at radius 3 is 2.20 bits per heavy atom. The first-order chi connectivity index (χ1) is 14.6. The number of amides is 2. The molecule has 0 unspecified atom stereocenters. The van der Waals surface area contributed by atoms with Crippen LogP contribution < -0.4 is 10.6 Å². The zero-order valence-electron chi connectivity index (χ0n) is 16.8. The number of nitrogens with one attached hydrogen (secondary N) is 2. The van der Waals surface area contributed by atoms with Gasteiger partial charge in [-0.3, -0.25) is 9.59 Å². The van der Waals surface area contributed by atoms with Gasteiger partial charge < -0.3 is 15.1 Å². The Labute approximate surface area is 175 Å². The predicted octanol–water partition coefficient (Wildman–Crippen LogP) is 3.81. The van der Waals surface area contributed by atoms with Gasteiger partial charge >= 0.3 is 0 Å². The SMILES string of the molecule is C[C@H](NC(=O)c1ccco1)C(=O)NC[C@@H]1CC2c3ccccc3C1c1ccccc12. The van der Waals surface area contributed by atoms with E-state index in [0.717, 1.165) is 6.42 Å². The van der Waals surface area contributed by atoms with Gasteiger partial charge in [-0.1, -0.05) is 48.5 Å². The largest absolute Gasteiger partial charge is 0.459 e. The summed E-state index contributed by atoms with van der Waals surface area (Å²) in [5.41, 5.74) is 5.60. The third-order valence-electron chi connectivity index (χ3n) is 6.45. The van der Waals surface area contributed by atoms with Crippen LogP contribution in [-0.4, -0.2) is 24.4 Å². The van der Waals surface area contributed by atoms with E-state index < -0.39 is 6.04 Å². The molecule has 2 atom stereocenters. The maximum atomic E-state index is 12.6. The number of hydrogen-bond acceptors (Lipinski definition) is 3. The van der Waals surface area contributed by atoms with E-state index in [1.165, 1.54) is 28.5 Å². The fraction of sp³-hybridized carbons (Fsp3) is 0.280. The van der Waals surface area contributed by atoms with Crippen LogP contribution in [0.4, 0.5) is 0 Å². The van der Waals surface area contributed by atoms with Gasteiger partial charge in [0.25, 0.3) is 5.91 Å². The molecule has 30 heavy (non-hydrogen) atoms. The maximum Gasteiger partial charge on any atom is 0.287 e. The minimum Gasteiger partial charge on any atom is -0.459 e. The van der Waals surface area contributed by atoms with Gasteiger partial charge in [0.2, 0.25) is 5.91 Å². The van der Waals surface area contributed by atoms with Crippen molar-refractivity contribution in [3.8, 4) is 0 Å². The highest BCUT2D eigenvalue weighted by Crippen LogP contribution is 2.55. The van der Waals surface area contributed by atoms with Crippen molar-refractivity contribution in [3.05, 3.63) is 94.9 Å². The predicted molar refractivity (Wildman–Crippen MR) is 113 cm³/mol. The molecule has 2 N–H and O–H groups in total. The van der Waals surface area contributed by atoms with E-state index in [2.05, 4.69) is 59.2 Å². The van der Waals surface area contributed by atoms with Crippen LogP contribution in [0.2, 0.25) is 0 Å². The van der Waals surface area contributed by atoms with Crippen molar-refractivity contribution in [2.75, 3.05) is 6.54 Å². The highest BCUT2D eigenvalue weighted by atomic mass is 16.3. The fourth-order valence-electron chi connectivity index (χ4n) is 5.09. The lowest BCUT2D eigenvalue weighted by Crippen LogP contribution is -2.47. The second-order valence-corrected chi connectivity index (χ2v) is 8.20. The molecule has 1 aromatic heterocycles. The Kier molecular flexibility index (Phi) is 4.66. The van der Waals surface area contributed by atoms with Crippen LogP contribution in [-0.2, 0) is 4.79 Å². The average Bonchev–Trinajstić information content (AvgIpc) is 3.33. The Morgan fingerprint density at radius 1 is 0.967 bits per heavy atom. The Bertz CT molecular complexity index is 1040. The zero-order valence-corrected chi connectivity index (χ0v) is 16.8. The van der Waals surface area contributed by atoms with E-state index in [1.807, 2.05) is 0 Å². The first-order valence-electron chi connectivity index (χ1n) is 10.4. The van der Waals surface area contributed by atoms with Crippen LogP contribution in [0.1, 0.15) is 58.0 Å². The third-order valence-corrected chi connectivity index (χ3v) is 6.45. The van der Waals surface area contributed by atoms with E-state index in [-0.39, 0.29) is 23.5 Å². The molecule has 2 amide bonds. The Balaban J connectivity index is 1.29. The molecule has 0 spiro atoms. The topological polar surface area (TPSA) is 71.3 Å². The van der Waals surface area contributed by atoms with Gasteiger partial charge in [-0.05, 0) is 53.6 Å². The number of carbonyl (C=O) groups excluding carboxylic acids is 2. The highest BCUT2D eigenvalue weighted by molar-refractivity contribution is 5.95. The molecule has 1 heterocycles. The van der Waals surface area contributed by atoms with Crippen molar-refractivity contribution in [2.24, 2.45) is 5.92 Å². The first-order valence-corrected chi connectivity index (χ1v) is 10.4. The lowest BCUT2D eigenvalue weighted by atomic mass is 9.59. The molecule has 3 aliphatic rings. The lowest BCUT2D eigenvalue weighted by molar-refractivity contribution is -0.122. The Hall–Kier alpha value is -3.34. The van der Waals surface area contributed by atoms with Gasteiger partial charge in [0.1, 0.15) is 6.04 Å². The summed E-state index contributed by atoms with van der Waals surface area (Å²) in [7, 11) is 0. The summed E-state index contributed by atoms with van der Waals surface area (Å²) in [6.45, 7) is 2.28. The molecular formula is C25H24N2O3. The normalized spacial score (nSPS) is 22.0. The first kappa shape index (κ1) is 18.7. The molecule has 0 fully saturated rings. The van der Waals surface area contributed by atoms with E-state index in [1.54, 1.807) is 19.1 Å². The molecule has 3 aliphatic carbocycles. The Morgan fingerprint density at radius 2 is 1.60 bits per heavy atom. The monoisotopic (exact) mass is 400 g/mol. The summed E-state index contributed by atoms with van der Waals surface area (Å²) in [5.74, 6) is 0.625. The minimum atomic E-state index is -0.636. The fourth-order valence-corrected chi connectivity index (χ4v) is 5.09. The zero-order chi connectivity index (χ0) is 20.7. The molecular weight excluding hydrogens is 376 g/mol. The molecule has 5 heteroatoms. The van der Waals surface area contributed by atoms with E-state index in [4.69, 9.17) is 4.42 Å². The van der Waals surface area contributed by atoms with Crippen molar-refractivity contribution in [2.45, 2.75) is 31.2 Å². The second-order valence-electron chi connectivity index (χ2n) is 8.20. The van der Waals surface area contributed by atoms with Gasteiger partial charge in [0.05, 0.1) is 6.26 Å². The van der Waals surface area contributed by atoms with Crippen molar-refractivity contribution in [1.29, 1.82) is 0 Å². The molecule has 0 saturated heterocycles. The molecule has 0 aliphatic heterocycles. The van der Waals surface area contributed by atoms with Crippen molar-refractivity contribution in [3.63, 3.8) is 0 Å². The standard InChI is InChI=1S/C25H24N2O3/c1-15(27-25(29)22-11-6-12-30-22)24(28)26-14-16-13-21-17-7-2-4-9-19(17)23(16)20-10-5-3-8-18(20)21/h2-12,15-16,21,23H,13-14H2,1H3,(H,26,28)(H,27,29)/t15-,16-,21?,23?/m0/s1. The quantitative estimate of drug-likeness (QED) is 0.684. The summed E-state index contributed by atoms with van der Waals surface area (Å²) in [5, 5.41) is 5.76. The van der Waals surface area contributed by atoms with Gasteiger partial charge in [-0.25, -0.2) is 0 Å². The maximum absolute atomic E-state index is 12.6. The molecule has 0 radical (unpaired) electrons. The average molecular weight is 400 g/mol. The lowest BCUT2D eigenvalue weighted by Gasteiger charge is -2.45. The number of rotatable bonds is 5. The third kappa shape index (κ3) is 3.11. The van der Waals surface area contributed by atoms with Gasteiger partial charge in [0.15, 0.2) is 5.76 Å². The number of benzene rings is 2. The second kappa shape index (κ2) is 7.48. The molecule has 2 bridgehead atoms. The molecule has 3 aromatic rings. The van der Waals surface area contributed by atoms with Gasteiger partial charge in [0, 0.05) is 18.4 Å². The van der Waals surface area contributed by atoms with Crippen molar-refractivity contribution >= 4 is 11.8 Å². The summed E-state index contributed by atoms with van der Waals surface area (Å²) in [4.78, 5) is 24.8. The van der Waals surface area contributed by atoms with Crippen molar-refractivity contribution < 1.29 is 14.0 Å². The molecule has 152 valence electrons. The summed E-state index contributed by atoms with van der Waals surface area (Å²) < 4.78 is 5.09. The van der Waals surface area contributed by atoms with E-state index in [9.17, 15) is 9.59 Å². The summed E-state index contributed by atoms with van der Waals surface area (Å²) in [6.07, 6.45) is 2.46. The molecule has 6 rings (SSSR count). The van der Waals surface area contributed by atoms with E-state index >= 15 is 0 Å². The van der Waals surface area contributed by atoms with Crippen molar-refractivity contribution in [1.82, 2.24) is 10.6 Å². The number of carbonyl (C=O) groups is 2. The van der Waals surface area contributed by atoms with Crippen LogP contribution in [0.25, 0.3) is 0 Å². The minimum absolute atomic E-state index is 0.182. The smallest absolute Gasteiger partial charge is 0.287 e. The van der Waals surface area contributed by atoms with Gasteiger partial charge in [-0.2, -0.15) is 0 Å². The number of fused-ring (bicyclic) bond motifs is 1. The van der Waals surface area contributed by atoms with E-state index in [0.29, 0.717) is 18.4 Å². The molecule has 0 saturated carbocycles. The highest BCUT2D eigenvalue weighted by Gasteiger charge is 2.42. The van der Waals surface area contributed by atoms with Crippen LogP contribution in [0.15, 0.2) is 71.3 Å². The molecule has 2 aromatic carbocycles. The van der Waals surface area contributed by atoms with Crippen LogP contribution >= 0.6 is 0 Å².